The van der Waals surface area contributed by atoms with Crippen LogP contribution >= 0.6 is 22.6 Å². The highest BCUT2D eigenvalue weighted by Crippen LogP contribution is 2.38. The molecule has 1 aliphatic rings. The molecule has 5 heteroatoms. The Morgan fingerprint density at radius 1 is 1.59 bits per heavy atom. The van der Waals surface area contributed by atoms with Crippen molar-refractivity contribution < 1.29 is 9.18 Å². The van der Waals surface area contributed by atoms with Gasteiger partial charge in [-0.05, 0) is 53.6 Å². The molecule has 0 unspecified atom stereocenters. The average Bonchev–Trinajstić information content (AvgIpc) is 3.02. The van der Waals surface area contributed by atoms with Crippen molar-refractivity contribution in [3.8, 4) is 6.07 Å². The number of benzene rings is 1. The van der Waals surface area contributed by atoms with Crippen LogP contribution in [0.4, 0.5) is 4.39 Å². The van der Waals surface area contributed by atoms with Gasteiger partial charge in [0.15, 0.2) is 0 Å². The Kier molecular flexibility index (Phi) is 3.33. The Labute approximate surface area is 112 Å². The van der Waals surface area contributed by atoms with Crippen LogP contribution in [0.3, 0.4) is 0 Å². The van der Waals surface area contributed by atoms with Crippen molar-refractivity contribution in [2.45, 2.75) is 24.8 Å². The third-order valence-corrected chi connectivity index (χ3v) is 3.71. The van der Waals surface area contributed by atoms with E-state index < -0.39 is 5.82 Å². The van der Waals surface area contributed by atoms with Crippen LogP contribution in [0.5, 0.6) is 0 Å². The van der Waals surface area contributed by atoms with Crippen molar-refractivity contribution in [3.05, 3.63) is 33.1 Å². The van der Waals surface area contributed by atoms with Gasteiger partial charge in [-0.2, -0.15) is 5.26 Å². The number of nitriles is 1. The standard InChI is InChI=1S/C12H10FIN2O/c13-9-7-8(1-2-10(9)14)11(17)16-12(3-4-12)5-6-15/h1-2,7H,3-5H2,(H,16,17). The van der Waals surface area contributed by atoms with E-state index in [0.29, 0.717) is 15.6 Å². The summed E-state index contributed by atoms with van der Waals surface area (Å²) in [6, 6.07) is 6.43. The number of carbonyl (C=O) groups is 1. The molecule has 88 valence electrons. The zero-order valence-electron chi connectivity index (χ0n) is 8.96. The molecule has 0 atom stereocenters. The van der Waals surface area contributed by atoms with Gasteiger partial charge in [-0.3, -0.25) is 4.79 Å². The summed E-state index contributed by atoms with van der Waals surface area (Å²) in [6.45, 7) is 0. The Balaban J connectivity index is 2.10. The van der Waals surface area contributed by atoms with E-state index in [1.54, 1.807) is 12.1 Å². The molecular weight excluding hydrogens is 334 g/mol. The van der Waals surface area contributed by atoms with Gasteiger partial charge in [-0.25, -0.2) is 4.39 Å². The van der Waals surface area contributed by atoms with Crippen LogP contribution in [0.1, 0.15) is 29.6 Å². The molecule has 1 aromatic rings. The minimum absolute atomic E-state index is 0.298. The first-order chi connectivity index (χ1) is 8.06. The van der Waals surface area contributed by atoms with Gasteiger partial charge in [-0.15, -0.1) is 0 Å². The van der Waals surface area contributed by atoms with E-state index >= 15 is 0 Å². The van der Waals surface area contributed by atoms with E-state index in [2.05, 4.69) is 11.4 Å². The molecule has 1 amide bonds. The van der Waals surface area contributed by atoms with Gasteiger partial charge in [0.05, 0.1) is 18.0 Å². The number of halogens is 2. The van der Waals surface area contributed by atoms with Crippen molar-refractivity contribution in [1.29, 1.82) is 5.26 Å². The zero-order valence-corrected chi connectivity index (χ0v) is 11.1. The Bertz CT molecular complexity index is 506. The molecule has 17 heavy (non-hydrogen) atoms. The quantitative estimate of drug-likeness (QED) is 0.857. The molecule has 3 nitrogen and oxygen atoms in total. The second-order valence-corrected chi connectivity index (χ2v) is 5.36. The zero-order chi connectivity index (χ0) is 12.5. The summed E-state index contributed by atoms with van der Waals surface area (Å²) in [5.41, 5.74) is -0.0715. The van der Waals surface area contributed by atoms with Crippen LogP contribution in [0.15, 0.2) is 18.2 Å². The van der Waals surface area contributed by atoms with E-state index in [4.69, 9.17) is 5.26 Å². The van der Waals surface area contributed by atoms with Crippen molar-refractivity contribution in [2.75, 3.05) is 0 Å². The highest BCUT2D eigenvalue weighted by Gasteiger charge is 2.43. The molecule has 0 bridgehead atoms. The van der Waals surface area contributed by atoms with Gasteiger partial charge < -0.3 is 5.32 Å². The van der Waals surface area contributed by atoms with Gasteiger partial charge >= 0.3 is 0 Å². The van der Waals surface area contributed by atoms with Crippen LogP contribution in [-0.4, -0.2) is 11.4 Å². The van der Waals surface area contributed by atoms with E-state index in [1.807, 2.05) is 22.6 Å². The van der Waals surface area contributed by atoms with Crippen molar-refractivity contribution >= 4 is 28.5 Å². The highest BCUT2D eigenvalue weighted by molar-refractivity contribution is 14.1. The van der Waals surface area contributed by atoms with Crippen LogP contribution in [-0.2, 0) is 0 Å². The third-order valence-electron chi connectivity index (χ3n) is 2.83. The molecule has 0 saturated heterocycles. The first-order valence-electron chi connectivity index (χ1n) is 5.21. The average molecular weight is 344 g/mol. The van der Waals surface area contributed by atoms with Crippen LogP contribution in [0.2, 0.25) is 0 Å². The lowest BCUT2D eigenvalue weighted by atomic mass is 10.1. The molecule has 0 aliphatic heterocycles. The highest BCUT2D eigenvalue weighted by atomic mass is 127. The fourth-order valence-corrected chi connectivity index (χ4v) is 1.93. The lowest BCUT2D eigenvalue weighted by Gasteiger charge is -2.13. The van der Waals surface area contributed by atoms with Crippen molar-refractivity contribution in [2.24, 2.45) is 0 Å². The molecule has 1 aromatic carbocycles. The summed E-state index contributed by atoms with van der Waals surface area (Å²) in [7, 11) is 0. The van der Waals surface area contributed by atoms with Gasteiger partial charge in [0, 0.05) is 9.13 Å². The van der Waals surface area contributed by atoms with Crippen LogP contribution < -0.4 is 5.32 Å². The lowest BCUT2D eigenvalue weighted by Crippen LogP contribution is -2.36. The van der Waals surface area contributed by atoms with Crippen molar-refractivity contribution in [1.82, 2.24) is 5.32 Å². The predicted molar refractivity (Wildman–Crippen MR) is 68.8 cm³/mol. The minimum Gasteiger partial charge on any atom is -0.346 e. The number of hydrogen-bond donors (Lipinski definition) is 1. The summed E-state index contributed by atoms with van der Waals surface area (Å²) >= 11 is 1.87. The number of hydrogen-bond acceptors (Lipinski definition) is 2. The van der Waals surface area contributed by atoms with E-state index in [-0.39, 0.29) is 11.4 Å². The van der Waals surface area contributed by atoms with Gasteiger partial charge in [0.25, 0.3) is 5.91 Å². The Morgan fingerprint density at radius 3 is 2.82 bits per heavy atom. The third kappa shape index (κ3) is 2.75. The summed E-state index contributed by atoms with van der Waals surface area (Å²) < 4.78 is 13.8. The maximum Gasteiger partial charge on any atom is 0.251 e. The molecule has 2 rings (SSSR count). The van der Waals surface area contributed by atoms with Crippen LogP contribution in [0, 0.1) is 20.7 Å². The van der Waals surface area contributed by atoms with Crippen molar-refractivity contribution in [3.63, 3.8) is 0 Å². The molecule has 0 radical (unpaired) electrons. The normalized spacial score (nSPS) is 16.1. The second kappa shape index (κ2) is 4.61. The number of nitrogens with zero attached hydrogens (tertiary/aromatic N) is 1. The molecule has 0 spiro atoms. The Morgan fingerprint density at radius 2 is 2.29 bits per heavy atom. The fraction of sp³-hybridized carbons (Fsp3) is 0.333. The van der Waals surface area contributed by atoms with Gasteiger partial charge in [0.1, 0.15) is 5.82 Å². The number of rotatable bonds is 3. The Hall–Kier alpha value is -1.16. The summed E-state index contributed by atoms with van der Waals surface area (Å²) in [5.74, 6) is -0.712. The van der Waals surface area contributed by atoms with Gasteiger partial charge in [-0.1, -0.05) is 0 Å². The molecule has 0 heterocycles. The molecule has 1 aliphatic carbocycles. The number of nitrogens with one attached hydrogen (secondary N) is 1. The molecule has 1 saturated carbocycles. The largest absolute Gasteiger partial charge is 0.346 e. The molecule has 0 aromatic heterocycles. The summed E-state index contributed by atoms with van der Waals surface area (Å²) in [5, 5.41) is 11.4. The maximum absolute atomic E-state index is 13.3. The molecular formula is C12H10FIN2O. The maximum atomic E-state index is 13.3. The predicted octanol–water partition coefficient (Wildman–Crippen LogP) is 2.61. The lowest BCUT2D eigenvalue weighted by molar-refractivity contribution is 0.0932. The minimum atomic E-state index is -0.400. The van der Waals surface area contributed by atoms with Crippen LogP contribution in [0.25, 0.3) is 0 Å². The topological polar surface area (TPSA) is 52.9 Å². The molecule has 1 fully saturated rings. The smallest absolute Gasteiger partial charge is 0.251 e. The molecule has 1 N–H and O–H groups in total. The first-order valence-corrected chi connectivity index (χ1v) is 6.29. The number of carbonyl (C=O) groups excluding carboxylic acids is 1. The first kappa shape index (κ1) is 12.3. The van der Waals surface area contributed by atoms with E-state index in [0.717, 1.165) is 12.8 Å². The SMILES string of the molecule is N#CCC1(NC(=O)c2ccc(I)c(F)c2)CC1. The summed E-state index contributed by atoms with van der Waals surface area (Å²) in [4.78, 5) is 11.8. The van der Waals surface area contributed by atoms with E-state index in [9.17, 15) is 9.18 Å². The number of amides is 1. The van der Waals surface area contributed by atoms with Gasteiger partial charge in [0.2, 0.25) is 0 Å². The second-order valence-electron chi connectivity index (χ2n) is 4.20. The fourth-order valence-electron chi connectivity index (χ4n) is 1.60. The van der Waals surface area contributed by atoms with E-state index in [1.165, 1.54) is 6.07 Å². The summed E-state index contributed by atoms with van der Waals surface area (Å²) in [6.07, 6.45) is 1.95. The monoisotopic (exact) mass is 344 g/mol.